The number of amides is 1. The van der Waals surface area contributed by atoms with Crippen molar-refractivity contribution in [3.63, 3.8) is 0 Å². The second-order valence-electron chi connectivity index (χ2n) is 7.91. The van der Waals surface area contributed by atoms with Crippen molar-refractivity contribution in [2.24, 2.45) is 11.7 Å². The van der Waals surface area contributed by atoms with E-state index in [1.54, 1.807) is 11.0 Å². The topological polar surface area (TPSA) is 94.4 Å². The lowest BCUT2D eigenvalue weighted by molar-refractivity contribution is 0.0645. The molecule has 5 N–H and O–H groups in total. The number of aliphatic hydroxyl groups excluding tert-OH is 1. The summed E-state index contributed by atoms with van der Waals surface area (Å²) >= 11 is 0. The molecule has 5 rings (SSSR count). The molecule has 150 valence electrons. The lowest BCUT2D eigenvalue weighted by Gasteiger charge is -2.27. The van der Waals surface area contributed by atoms with Crippen LogP contribution in [-0.4, -0.2) is 52.7 Å². The number of carbonyl (C=O) groups excluding carboxylic acids is 1. The van der Waals surface area contributed by atoms with Gasteiger partial charge in [0.2, 0.25) is 0 Å². The summed E-state index contributed by atoms with van der Waals surface area (Å²) in [4.78, 5) is 18.4. The molecule has 3 aromatic rings. The number of H-pyrrole nitrogens is 1. The fourth-order valence-corrected chi connectivity index (χ4v) is 4.59. The van der Waals surface area contributed by atoms with Crippen LogP contribution < -0.4 is 11.1 Å². The van der Waals surface area contributed by atoms with Crippen molar-refractivity contribution in [2.45, 2.75) is 18.7 Å². The van der Waals surface area contributed by atoms with Crippen LogP contribution in [0.2, 0.25) is 0 Å². The summed E-state index contributed by atoms with van der Waals surface area (Å²) in [5, 5.41) is 14.5. The van der Waals surface area contributed by atoms with Gasteiger partial charge in [-0.05, 0) is 35.9 Å². The molecular weight excluding hydrogens is 371 g/mol. The molecule has 0 radical (unpaired) electrons. The normalized spacial score (nSPS) is 23.9. The highest BCUT2D eigenvalue weighted by molar-refractivity contribution is 6.11. The summed E-state index contributed by atoms with van der Waals surface area (Å²) < 4.78 is 14.0. The SMILES string of the molecule is NC[C@H]1CN[C@H](CN2Cc3ccccc3-c3c([nH]c4ccc(F)cc34)C2=O)[C@H]1O. The predicted molar refractivity (Wildman–Crippen MR) is 109 cm³/mol. The zero-order valence-electron chi connectivity index (χ0n) is 15.9. The van der Waals surface area contributed by atoms with Gasteiger partial charge >= 0.3 is 0 Å². The van der Waals surface area contributed by atoms with E-state index in [4.69, 9.17) is 5.73 Å². The van der Waals surface area contributed by atoms with Gasteiger partial charge in [-0.3, -0.25) is 4.79 Å². The summed E-state index contributed by atoms with van der Waals surface area (Å²) in [5.74, 6) is -0.504. The standard InChI is InChI=1S/C22H23FN4O2/c23-14-5-6-17-16(7-14)19-15-4-2-1-3-12(15)10-27(22(29)20(19)26-17)11-18-21(28)13(8-24)9-25-18/h1-7,13,18,21,25-26,28H,8-11,24H2/t13-,18+,21-/m0/s1. The van der Waals surface area contributed by atoms with Crippen LogP contribution in [0.4, 0.5) is 4.39 Å². The molecule has 1 fully saturated rings. The number of halogens is 1. The van der Waals surface area contributed by atoms with Crippen LogP contribution in [0, 0.1) is 11.7 Å². The number of benzene rings is 2. The van der Waals surface area contributed by atoms with E-state index < -0.39 is 6.10 Å². The first-order valence-corrected chi connectivity index (χ1v) is 9.87. The third-order valence-corrected chi connectivity index (χ3v) is 6.17. The first-order valence-electron chi connectivity index (χ1n) is 9.87. The highest BCUT2D eigenvalue weighted by atomic mass is 19.1. The van der Waals surface area contributed by atoms with Crippen LogP contribution in [0.1, 0.15) is 16.1 Å². The van der Waals surface area contributed by atoms with Gasteiger partial charge in [0.15, 0.2) is 0 Å². The number of nitrogens with zero attached hydrogens (tertiary/aromatic N) is 1. The first kappa shape index (κ1) is 18.3. The molecule has 0 unspecified atom stereocenters. The van der Waals surface area contributed by atoms with E-state index in [-0.39, 0.29) is 23.7 Å². The molecule has 1 saturated heterocycles. The van der Waals surface area contributed by atoms with Crippen LogP contribution in [0.5, 0.6) is 0 Å². The maximum atomic E-state index is 14.0. The average molecular weight is 394 g/mol. The number of carbonyl (C=O) groups is 1. The Morgan fingerprint density at radius 1 is 1.24 bits per heavy atom. The maximum absolute atomic E-state index is 14.0. The molecule has 3 atom stereocenters. The molecule has 2 aliphatic heterocycles. The molecule has 1 aromatic heterocycles. The van der Waals surface area contributed by atoms with E-state index in [2.05, 4.69) is 10.3 Å². The van der Waals surface area contributed by atoms with E-state index in [0.717, 1.165) is 22.2 Å². The monoisotopic (exact) mass is 394 g/mol. The number of hydrogen-bond acceptors (Lipinski definition) is 4. The minimum atomic E-state index is -0.595. The number of nitrogens with one attached hydrogen (secondary N) is 2. The Morgan fingerprint density at radius 2 is 2.07 bits per heavy atom. The van der Waals surface area contributed by atoms with Gasteiger partial charge in [0.1, 0.15) is 11.5 Å². The second kappa shape index (κ2) is 6.95. The summed E-state index contributed by atoms with van der Waals surface area (Å²) in [6, 6.07) is 12.1. The Balaban J connectivity index is 1.60. The van der Waals surface area contributed by atoms with Gasteiger partial charge in [-0.25, -0.2) is 4.39 Å². The highest BCUT2D eigenvalue weighted by Gasteiger charge is 2.37. The molecule has 7 heteroatoms. The molecule has 29 heavy (non-hydrogen) atoms. The molecule has 0 aliphatic carbocycles. The van der Waals surface area contributed by atoms with Gasteiger partial charge < -0.3 is 26.0 Å². The van der Waals surface area contributed by atoms with Gasteiger partial charge in [-0.2, -0.15) is 0 Å². The third-order valence-electron chi connectivity index (χ3n) is 6.17. The summed E-state index contributed by atoms with van der Waals surface area (Å²) in [6.45, 7) is 1.83. The van der Waals surface area contributed by atoms with Crippen LogP contribution >= 0.6 is 0 Å². The van der Waals surface area contributed by atoms with E-state index in [0.29, 0.717) is 37.3 Å². The van der Waals surface area contributed by atoms with E-state index >= 15 is 0 Å². The van der Waals surface area contributed by atoms with Crippen molar-refractivity contribution < 1.29 is 14.3 Å². The van der Waals surface area contributed by atoms with E-state index in [1.165, 1.54) is 12.1 Å². The lowest BCUT2D eigenvalue weighted by atomic mass is 9.98. The summed E-state index contributed by atoms with van der Waals surface area (Å²) in [6.07, 6.45) is -0.595. The number of hydrogen-bond donors (Lipinski definition) is 4. The lowest BCUT2D eigenvalue weighted by Crippen LogP contribution is -2.45. The van der Waals surface area contributed by atoms with Crippen molar-refractivity contribution in [2.75, 3.05) is 19.6 Å². The molecule has 6 nitrogen and oxygen atoms in total. The first-order chi connectivity index (χ1) is 14.1. The van der Waals surface area contributed by atoms with Crippen LogP contribution in [0.25, 0.3) is 22.0 Å². The van der Waals surface area contributed by atoms with Crippen LogP contribution in [0.3, 0.4) is 0 Å². The molecule has 2 aromatic carbocycles. The van der Waals surface area contributed by atoms with Crippen molar-refractivity contribution >= 4 is 16.8 Å². The molecule has 1 amide bonds. The van der Waals surface area contributed by atoms with E-state index in [1.807, 2.05) is 24.3 Å². The molecule has 0 bridgehead atoms. The number of aliphatic hydroxyl groups is 1. The average Bonchev–Trinajstić information content (AvgIpc) is 3.24. The van der Waals surface area contributed by atoms with Crippen LogP contribution in [0.15, 0.2) is 42.5 Å². The number of aromatic amines is 1. The van der Waals surface area contributed by atoms with Gasteiger partial charge in [0.25, 0.3) is 5.91 Å². The van der Waals surface area contributed by atoms with E-state index in [9.17, 15) is 14.3 Å². The summed E-state index contributed by atoms with van der Waals surface area (Å²) in [7, 11) is 0. The van der Waals surface area contributed by atoms with Gasteiger partial charge in [-0.1, -0.05) is 24.3 Å². The minimum absolute atomic E-state index is 0.0130. The number of aromatic nitrogens is 1. The molecule has 0 saturated carbocycles. The van der Waals surface area contributed by atoms with Crippen molar-refractivity contribution in [3.05, 3.63) is 59.5 Å². The van der Waals surface area contributed by atoms with Gasteiger partial charge in [0.05, 0.1) is 12.1 Å². The quantitative estimate of drug-likeness (QED) is 0.545. The smallest absolute Gasteiger partial charge is 0.271 e. The zero-order chi connectivity index (χ0) is 20.1. The molecule has 3 heterocycles. The fraction of sp³-hybridized carbons (Fsp3) is 0.318. The van der Waals surface area contributed by atoms with Gasteiger partial charge in [0, 0.05) is 42.0 Å². The molecule has 0 spiro atoms. The van der Waals surface area contributed by atoms with Crippen molar-refractivity contribution in [1.82, 2.24) is 15.2 Å². The highest BCUT2D eigenvalue weighted by Crippen LogP contribution is 2.38. The van der Waals surface area contributed by atoms with Crippen molar-refractivity contribution in [1.29, 1.82) is 0 Å². The number of fused-ring (bicyclic) bond motifs is 5. The fourth-order valence-electron chi connectivity index (χ4n) is 4.59. The Morgan fingerprint density at radius 3 is 2.86 bits per heavy atom. The predicted octanol–water partition coefficient (Wildman–Crippen LogP) is 1.84. The minimum Gasteiger partial charge on any atom is -0.391 e. The van der Waals surface area contributed by atoms with Crippen LogP contribution in [-0.2, 0) is 6.54 Å². The number of rotatable bonds is 3. The summed E-state index contributed by atoms with van der Waals surface area (Å²) in [5.41, 5.74) is 9.58. The Kier molecular flexibility index (Phi) is 4.38. The second-order valence-corrected chi connectivity index (χ2v) is 7.91. The molecular formula is C22H23FN4O2. The Bertz CT molecular complexity index is 1100. The Hall–Kier alpha value is -2.74. The maximum Gasteiger partial charge on any atom is 0.271 e. The third kappa shape index (κ3) is 2.93. The largest absolute Gasteiger partial charge is 0.391 e. The van der Waals surface area contributed by atoms with Crippen molar-refractivity contribution in [3.8, 4) is 11.1 Å². The molecule has 2 aliphatic rings. The number of nitrogens with two attached hydrogens (primary N) is 1. The zero-order valence-corrected chi connectivity index (χ0v) is 15.9. The Labute approximate surface area is 167 Å². The van der Waals surface area contributed by atoms with Gasteiger partial charge in [-0.15, -0.1) is 0 Å².